The van der Waals surface area contributed by atoms with Crippen LogP contribution in [0.5, 0.6) is 0 Å². The molecule has 8 heteroatoms. The molecule has 21 heavy (non-hydrogen) atoms. The molecule has 104 valence electrons. The van der Waals surface area contributed by atoms with E-state index in [-0.39, 0.29) is 28.1 Å². The number of nitriles is 2. The van der Waals surface area contributed by atoms with Gasteiger partial charge in [-0.25, -0.2) is 4.39 Å². The predicted octanol–water partition coefficient (Wildman–Crippen LogP) is 2.87. The second-order valence-corrected chi connectivity index (χ2v) is 5.92. The zero-order valence-electron chi connectivity index (χ0n) is 10.2. The van der Waals surface area contributed by atoms with Crippen LogP contribution in [0, 0.1) is 32.0 Å². The smallest absolute Gasteiger partial charge is 0.268 e. The highest BCUT2D eigenvalue weighted by Gasteiger charge is 2.21. The minimum atomic E-state index is -0.727. The number of H-pyrrole nitrogens is 1. The number of aromatic nitrogens is 1. The van der Waals surface area contributed by atoms with Crippen molar-refractivity contribution in [1.29, 1.82) is 10.5 Å². The maximum absolute atomic E-state index is 13.7. The van der Waals surface area contributed by atoms with Crippen LogP contribution in [0.4, 0.5) is 10.2 Å². The molecular formula is C13H5BrFIN4O. The van der Waals surface area contributed by atoms with E-state index < -0.39 is 11.4 Å². The number of nitrogens with one attached hydrogen (secondary N) is 1. The number of hydrogen-bond acceptors (Lipinski definition) is 4. The second kappa shape index (κ2) is 5.84. The van der Waals surface area contributed by atoms with E-state index in [4.69, 9.17) is 11.0 Å². The van der Waals surface area contributed by atoms with Gasteiger partial charge >= 0.3 is 0 Å². The summed E-state index contributed by atoms with van der Waals surface area (Å²) in [6.45, 7) is 0. The molecule has 0 saturated heterocycles. The van der Waals surface area contributed by atoms with E-state index in [1.807, 2.05) is 28.7 Å². The molecule has 0 aliphatic heterocycles. The van der Waals surface area contributed by atoms with E-state index in [0.29, 0.717) is 8.04 Å². The molecule has 0 amide bonds. The van der Waals surface area contributed by atoms with Crippen LogP contribution in [-0.2, 0) is 0 Å². The molecule has 1 heterocycles. The Balaban J connectivity index is 3.04. The summed E-state index contributed by atoms with van der Waals surface area (Å²) in [6.07, 6.45) is 0. The van der Waals surface area contributed by atoms with Gasteiger partial charge in [-0.2, -0.15) is 10.5 Å². The molecule has 0 spiro atoms. The summed E-state index contributed by atoms with van der Waals surface area (Å²) in [6, 6.07) is 5.99. The van der Waals surface area contributed by atoms with E-state index >= 15 is 0 Å². The first-order valence-corrected chi connectivity index (χ1v) is 7.28. The molecule has 0 atom stereocenters. The number of nitrogen functional groups attached to an aromatic ring is 1. The highest BCUT2D eigenvalue weighted by atomic mass is 127. The van der Waals surface area contributed by atoms with Crippen LogP contribution >= 0.6 is 38.5 Å². The highest BCUT2D eigenvalue weighted by molar-refractivity contribution is 14.1. The fraction of sp³-hybridized carbons (Fsp3) is 0. The third kappa shape index (κ3) is 2.64. The van der Waals surface area contributed by atoms with E-state index in [1.165, 1.54) is 6.07 Å². The first-order valence-electron chi connectivity index (χ1n) is 5.41. The fourth-order valence-corrected chi connectivity index (χ4v) is 2.87. The van der Waals surface area contributed by atoms with Gasteiger partial charge in [-0.3, -0.25) is 4.79 Å². The third-order valence-electron chi connectivity index (χ3n) is 2.73. The molecule has 3 N–H and O–H groups in total. The van der Waals surface area contributed by atoms with Crippen LogP contribution in [0.1, 0.15) is 11.1 Å². The summed E-state index contributed by atoms with van der Waals surface area (Å²) in [5.41, 5.74) is 4.78. The van der Waals surface area contributed by atoms with Crippen LogP contribution in [0.25, 0.3) is 11.1 Å². The molecule has 0 saturated carbocycles. The molecule has 5 nitrogen and oxygen atoms in total. The number of rotatable bonds is 1. The molecule has 1 aromatic heterocycles. The lowest BCUT2D eigenvalue weighted by Crippen LogP contribution is -2.16. The van der Waals surface area contributed by atoms with E-state index in [0.717, 1.165) is 6.07 Å². The maximum atomic E-state index is 13.7. The molecule has 0 fully saturated rings. The average molecular weight is 459 g/mol. The lowest BCUT2D eigenvalue weighted by molar-refractivity contribution is 0.627. The van der Waals surface area contributed by atoms with E-state index in [2.05, 4.69) is 20.9 Å². The van der Waals surface area contributed by atoms with Crippen LogP contribution in [0.2, 0.25) is 0 Å². The molecule has 2 rings (SSSR count). The van der Waals surface area contributed by atoms with E-state index in [1.54, 1.807) is 6.07 Å². The van der Waals surface area contributed by atoms with Crippen LogP contribution in [-0.4, -0.2) is 4.98 Å². The number of halogens is 3. The zero-order chi connectivity index (χ0) is 15.7. The van der Waals surface area contributed by atoms with Gasteiger partial charge in [-0.15, -0.1) is 0 Å². The Hall–Kier alpha value is -1.91. The van der Waals surface area contributed by atoms with Crippen molar-refractivity contribution >= 4 is 44.3 Å². The van der Waals surface area contributed by atoms with Gasteiger partial charge in [0.15, 0.2) is 0 Å². The number of hydrogen-bond donors (Lipinski definition) is 2. The zero-order valence-corrected chi connectivity index (χ0v) is 13.9. The largest absolute Gasteiger partial charge is 0.384 e. The minimum Gasteiger partial charge on any atom is -0.384 e. The molecule has 0 aliphatic rings. The summed E-state index contributed by atoms with van der Waals surface area (Å²) in [5.74, 6) is -0.716. The van der Waals surface area contributed by atoms with Crippen LogP contribution < -0.4 is 11.3 Å². The molecule has 0 bridgehead atoms. The van der Waals surface area contributed by atoms with Crippen molar-refractivity contribution in [3.8, 4) is 23.3 Å². The number of nitrogens with zero attached hydrogens (tertiary/aromatic N) is 2. The summed E-state index contributed by atoms with van der Waals surface area (Å²) >= 11 is 5.18. The Labute approximate surface area is 140 Å². The second-order valence-electron chi connectivity index (χ2n) is 3.97. The molecule has 0 unspecified atom stereocenters. The summed E-state index contributed by atoms with van der Waals surface area (Å²) in [7, 11) is 0. The Morgan fingerprint density at radius 1 is 1.29 bits per heavy atom. The fourth-order valence-electron chi connectivity index (χ4n) is 1.85. The predicted molar refractivity (Wildman–Crippen MR) is 86.7 cm³/mol. The van der Waals surface area contributed by atoms with Crippen molar-refractivity contribution in [2.45, 2.75) is 0 Å². The minimum absolute atomic E-state index is 0.0190. The van der Waals surface area contributed by atoms with Crippen molar-refractivity contribution in [2.24, 2.45) is 0 Å². The Kier molecular flexibility index (Phi) is 4.30. The SMILES string of the molecule is N#Cc1c(N)[nH]c(=O)c(C#N)c1-c1cc(F)cc(I)c1Br. The molecule has 0 aliphatic carbocycles. The average Bonchev–Trinajstić information content (AvgIpc) is 2.42. The van der Waals surface area contributed by atoms with Crippen molar-refractivity contribution < 1.29 is 4.39 Å². The van der Waals surface area contributed by atoms with E-state index in [9.17, 15) is 14.4 Å². The monoisotopic (exact) mass is 458 g/mol. The Morgan fingerprint density at radius 2 is 1.90 bits per heavy atom. The number of pyridine rings is 1. The number of aromatic amines is 1. The van der Waals surface area contributed by atoms with Crippen molar-refractivity contribution in [3.63, 3.8) is 0 Å². The van der Waals surface area contributed by atoms with Gasteiger partial charge in [0.05, 0.1) is 0 Å². The quantitative estimate of drug-likeness (QED) is 0.506. The Morgan fingerprint density at radius 3 is 2.48 bits per heavy atom. The maximum Gasteiger partial charge on any atom is 0.268 e. The van der Waals surface area contributed by atoms with Crippen molar-refractivity contribution in [3.05, 3.63) is 47.5 Å². The van der Waals surface area contributed by atoms with Gasteiger partial charge in [0.2, 0.25) is 0 Å². The van der Waals surface area contributed by atoms with Crippen LogP contribution in [0.15, 0.2) is 21.4 Å². The molecule has 2 aromatic rings. The lowest BCUT2D eigenvalue weighted by atomic mass is 9.96. The first kappa shape index (κ1) is 15.5. The lowest BCUT2D eigenvalue weighted by Gasteiger charge is -2.11. The Bertz CT molecular complexity index is 895. The molecular weight excluding hydrogens is 454 g/mol. The summed E-state index contributed by atoms with van der Waals surface area (Å²) in [5, 5.41) is 18.4. The van der Waals surface area contributed by atoms with Gasteiger partial charge < -0.3 is 10.7 Å². The number of benzene rings is 1. The van der Waals surface area contributed by atoms with Crippen LogP contribution in [0.3, 0.4) is 0 Å². The molecule has 1 aromatic carbocycles. The van der Waals surface area contributed by atoms with Gasteiger partial charge in [0.25, 0.3) is 5.56 Å². The summed E-state index contributed by atoms with van der Waals surface area (Å²) in [4.78, 5) is 14.1. The van der Waals surface area contributed by atoms with Crippen molar-refractivity contribution in [1.82, 2.24) is 4.98 Å². The van der Waals surface area contributed by atoms with Gasteiger partial charge in [-0.1, -0.05) is 0 Å². The third-order valence-corrected chi connectivity index (χ3v) is 5.18. The molecule has 0 radical (unpaired) electrons. The van der Waals surface area contributed by atoms with Gasteiger partial charge in [-0.05, 0) is 50.7 Å². The normalized spacial score (nSPS) is 9.95. The summed E-state index contributed by atoms with van der Waals surface area (Å²) < 4.78 is 14.7. The standard InChI is InChI=1S/C13H5BrFIN4O/c14-11-6(1-5(15)2-9(11)16)10-7(3-17)12(19)20-13(21)8(10)4-18/h1-2H,(H3,19,20,21). The first-order chi connectivity index (χ1) is 9.90. The number of anilines is 1. The highest BCUT2D eigenvalue weighted by Crippen LogP contribution is 2.36. The number of nitrogens with two attached hydrogens (primary N) is 1. The van der Waals surface area contributed by atoms with Gasteiger partial charge in [0.1, 0.15) is 34.9 Å². The van der Waals surface area contributed by atoms with Crippen molar-refractivity contribution in [2.75, 3.05) is 5.73 Å². The van der Waals surface area contributed by atoms with Gasteiger partial charge in [0, 0.05) is 19.2 Å². The topological polar surface area (TPSA) is 106 Å².